The molecule has 116 valence electrons. The molecule has 2 aromatic rings. The van der Waals surface area contributed by atoms with Crippen LogP contribution in [0.2, 0.25) is 0 Å². The van der Waals surface area contributed by atoms with Crippen molar-refractivity contribution < 1.29 is 4.79 Å². The highest BCUT2D eigenvalue weighted by molar-refractivity contribution is 8.01. The molecule has 7 heteroatoms. The zero-order chi connectivity index (χ0) is 15.4. The quantitative estimate of drug-likeness (QED) is 0.375. The lowest BCUT2D eigenvalue weighted by Gasteiger charge is -1.97. The number of rotatable bonds is 5. The molecule has 3 rings (SSSR count). The number of aryl methyl sites for hydroxylation is 2. The van der Waals surface area contributed by atoms with E-state index in [2.05, 4.69) is 28.2 Å². The Hall–Kier alpha value is -1.18. The number of thiophene rings is 1. The van der Waals surface area contributed by atoms with Gasteiger partial charge in [-0.1, -0.05) is 35.6 Å². The first-order chi connectivity index (χ1) is 10.8. The summed E-state index contributed by atoms with van der Waals surface area (Å²) in [6.45, 7) is 3.68. The highest BCUT2D eigenvalue weighted by Crippen LogP contribution is 2.30. The van der Waals surface area contributed by atoms with Crippen LogP contribution in [0.5, 0.6) is 0 Å². The molecule has 0 fully saturated rings. The Bertz CT molecular complexity index is 654. The number of amides is 1. The van der Waals surface area contributed by atoms with Crippen LogP contribution in [0.4, 0.5) is 5.13 Å². The van der Waals surface area contributed by atoms with E-state index in [0.717, 1.165) is 27.8 Å². The lowest BCUT2D eigenvalue weighted by Crippen LogP contribution is -2.09. The molecule has 0 aromatic carbocycles. The molecule has 0 aliphatic heterocycles. The van der Waals surface area contributed by atoms with E-state index in [-0.39, 0.29) is 5.91 Å². The SMILES string of the molecule is C=CCSc1nnc(NC(=O)c2cc3c(s2)CCCCC3)s1. The molecule has 0 saturated heterocycles. The van der Waals surface area contributed by atoms with Crippen LogP contribution in [0.3, 0.4) is 0 Å². The molecule has 0 saturated carbocycles. The van der Waals surface area contributed by atoms with Crippen molar-refractivity contribution in [1.82, 2.24) is 10.2 Å². The number of carbonyl (C=O) groups excluding carboxylic acids is 1. The number of anilines is 1. The molecule has 0 spiro atoms. The van der Waals surface area contributed by atoms with Crippen molar-refractivity contribution in [1.29, 1.82) is 0 Å². The second-order valence-corrected chi connectivity index (χ2v) is 8.43. The first-order valence-corrected chi connectivity index (χ1v) is 9.88. The van der Waals surface area contributed by atoms with Gasteiger partial charge in [-0.3, -0.25) is 10.1 Å². The van der Waals surface area contributed by atoms with Crippen molar-refractivity contribution in [3.05, 3.63) is 34.0 Å². The largest absolute Gasteiger partial charge is 0.296 e. The minimum atomic E-state index is -0.0745. The second kappa shape index (κ2) is 7.39. The number of carbonyl (C=O) groups is 1. The van der Waals surface area contributed by atoms with Gasteiger partial charge in [-0.05, 0) is 37.3 Å². The predicted molar refractivity (Wildman–Crippen MR) is 94.4 cm³/mol. The van der Waals surface area contributed by atoms with Crippen LogP contribution in [-0.2, 0) is 12.8 Å². The molecule has 0 radical (unpaired) electrons. The molecule has 2 aromatic heterocycles. The van der Waals surface area contributed by atoms with E-state index in [1.54, 1.807) is 23.1 Å². The average Bonchev–Trinajstić information content (AvgIpc) is 3.07. The zero-order valence-corrected chi connectivity index (χ0v) is 14.6. The minimum Gasteiger partial charge on any atom is -0.296 e. The summed E-state index contributed by atoms with van der Waals surface area (Å²) < 4.78 is 0.845. The first-order valence-electron chi connectivity index (χ1n) is 7.26. The Labute approximate surface area is 142 Å². The molecule has 1 aliphatic rings. The van der Waals surface area contributed by atoms with E-state index in [4.69, 9.17) is 0 Å². The summed E-state index contributed by atoms with van der Waals surface area (Å²) in [5.41, 5.74) is 1.35. The molecule has 0 unspecified atom stereocenters. The Morgan fingerprint density at radius 1 is 1.32 bits per heavy atom. The summed E-state index contributed by atoms with van der Waals surface area (Å²) in [5.74, 6) is 0.717. The standard InChI is InChI=1S/C15H17N3OS3/c1-2-8-20-15-18-17-14(22-15)16-13(19)12-9-10-6-4-3-5-7-11(10)21-12/h2,9H,1,3-8H2,(H,16,17,19). The third-order valence-corrected chi connectivity index (χ3v) is 6.63. The fourth-order valence-corrected chi connectivity index (χ4v) is 5.04. The lowest BCUT2D eigenvalue weighted by atomic mass is 10.1. The third-order valence-electron chi connectivity index (χ3n) is 3.42. The molecule has 0 atom stereocenters. The van der Waals surface area contributed by atoms with Gasteiger partial charge in [0.15, 0.2) is 4.34 Å². The Balaban J connectivity index is 1.66. The molecule has 4 nitrogen and oxygen atoms in total. The van der Waals surface area contributed by atoms with Gasteiger partial charge in [0.25, 0.3) is 5.91 Å². The molecule has 1 amide bonds. The summed E-state index contributed by atoms with van der Waals surface area (Å²) in [4.78, 5) is 14.5. The van der Waals surface area contributed by atoms with Crippen molar-refractivity contribution in [2.24, 2.45) is 0 Å². The van der Waals surface area contributed by atoms with Crippen molar-refractivity contribution in [3.63, 3.8) is 0 Å². The van der Waals surface area contributed by atoms with Gasteiger partial charge in [-0.15, -0.1) is 28.1 Å². The van der Waals surface area contributed by atoms with Crippen molar-refractivity contribution in [2.75, 3.05) is 11.1 Å². The number of fused-ring (bicyclic) bond motifs is 1. The van der Waals surface area contributed by atoms with E-state index in [9.17, 15) is 4.79 Å². The van der Waals surface area contributed by atoms with E-state index < -0.39 is 0 Å². The van der Waals surface area contributed by atoms with Crippen molar-refractivity contribution in [3.8, 4) is 0 Å². The van der Waals surface area contributed by atoms with Gasteiger partial charge in [-0.25, -0.2) is 0 Å². The summed E-state index contributed by atoms with van der Waals surface area (Å²) in [7, 11) is 0. The van der Waals surface area contributed by atoms with E-state index in [0.29, 0.717) is 5.13 Å². The molecule has 2 heterocycles. The fourth-order valence-electron chi connectivity index (χ4n) is 2.39. The van der Waals surface area contributed by atoms with Crippen LogP contribution in [0, 0.1) is 0 Å². The number of thioether (sulfide) groups is 1. The van der Waals surface area contributed by atoms with Crippen LogP contribution in [0.1, 0.15) is 39.4 Å². The van der Waals surface area contributed by atoms with Crippen molar-refractivity contribution >= 4 is 45.5 Å². The Morgan fingerprint density at radius 3 is 3.05 bits per heavy atom. The summed E-state index contributed by atoms with van der Waals surface area (Å²) in [6.07, 6.45) is 7.77. The van der Waals surface area contributed by atoms with Crippen LogP contribution in [-0.4, -0.2) is 21.9 Å². The maximum Gasteiger partial charge on any atom is 0.267 e. The van der Waals surface area contributed by atoms with Crippen LogP contribution in [0.25, 0.3) is 0 Å². The van der Waals surface area contributed by atoms with Crippen molar-refractivity contribution in [2.45, 2.75) is 36.4 Å². The monoisotopic (exact) mass is 351 g/mol. The second-order valence-electron chi connectivity index (χ2n) is 5.05. The summed E-state index contributed by atoms with van der Waals surface area (Å²) in [5, 5.41) is 11.5. The minimum absolute atomic E-state index is 0.0745. The Kier molecular flexibility index (Phi) is 5.28. The Morgan fingerprint density at radius 2 is 2.18 bits per heavy atom. The number of nitrogens with zero attached hydrogens (tertiary/aromatic N) is 2. The van der Waals surface area contributed by atoms with Gasteiger partial charge < -0.3 is 0 Å². The maximum atomic E-state index is 12.4. The average molecular weight is 352 g/mol. The number of aromatic nitrogens is 2. The number of nitrogens with one attached hydrogen (secondary N) is 1. The van der Waals surface area contributed by atoms with Gasteiger partial charge in [0.05, 0.1) is 4.88 Å². The van der Waals surface area contributed by atoms with Crippen LogP contribution >= 0.6 is 34.4 Å². The first kappa shape index (κ1) is 15.7. The van der Waals surface area contributed by atoms with Gasteiger partial charge in [-0.2, -0.15) is 0 Å². The maximum absolute atomic E-state index is 12.4. The normalized spacial score (nSPS) is 14.2. The molecule has 1 N–H and O–H groups in total. The topological polar surface area (TPSA) is 54.9 Å². The highest BCUT2D eigenvalue weighted by atomic mass is 32.2. The molecule has 1 aliphatic carbocycles. The van der Waals surface area contributed by atoms with Gasteiger partial charge in [0.1, 0.15) is 0 Å². The highest BCUT2D eigenvalue weighted by Gasteiger charge is 2.17. The third kappa shape index (κ3) is 3.77. The van der Waals surface area contributed by atoms with Crippen LogP contribution in [0.15, 0.2) is 23.1 Å². The fraction of sp³-hybridized carbons (Fsp3) is 0.400. The van der Waals surface area contributed by atoms with E-state index in [1.807, 2.05) is 6.08 Å². The molecular weight excluding hydrogens is 334 g/mol. The van der Waals surface area contributed by atoms with Gasteiger partial charge in [0, 0.05) is 10.6 Å². The lowest BCUT2D eigenvalue weighted by molar-refractivity contribution is 0.103. The zero-order valence-electron chi connectivity index (χ0n) is 12.1. The summed E-state index contributed by atoms with van der Waals surface area (Å²) in [6, 6.07) is 2.05. The molecule has 0 bridgehead atoms. The van der Waals surface area contributed by atoms with Gasteiger partial charge >= 0.3 is 0 Å². The van der Waals surface area contributed by atoms with Gasteiger partial charge in [0.2, 0.25) is 5.13 Å². The summed E-state index contributed by atoms with van der Waals surface area (Å²) >= 11 is 4.59. The van der Waals surface area contributed by atoms with E-state index >= 15 is 0 Å². The smallest absolute Gasteiger partial charge is 0.267 e. The molecule has 22 heavy (non-hydrogen) atoms. The van der Waals surface area contributed by atoms with Crippen LogP contribution < -0.4 is 5.32 Å². The molecular formula is C15H17N3OS3. The van der Waals surface area contributed by atoms with E-state index in [1.165, 1.54) is 41.0 Å². The predicted octanol–water partition coefficient (Wildman–Crippen LogP) is 4.40. The number of hydrogen-bond acceptors (Lipinski definition) is 6. The number of hydrogen-bond donors (Lipinski definition) is 1.